The summed E-state index contributed by atoms with van der Waals surface area (Å²) in [7, 11) is 5.79. The number of nitrogens with zero attached hydrogens (tertiary/aromatic N) is 5. The van der Waals surface area contributed by atoms with Gasteiger partial charge in [0.15, 0.2) is 5.69 Å². The van der Waals surface area contributed by atoms with Gasteiger partial charge in [-0.3, -0.25) is 9.48 Å². The van der Waals surface area contributed by atoms with Crippen LogP contribution in [0.3, 0.4) is 0 Å². The van der Waals surface area contributed by atoms with Crippen LogP contribution < -0.4 is 0 Å². The lowest BCUT2D eigenvalue weighted by Gasteiger charge is -2.33. The molecule has 6 nitrogen and oxygen atoms in total. The second-order valence-corrected chi connectivity index (χ2v) is 7.35. The van der Waals surface area contributed by atoms with Crippen LogP contribution in [0.2, 0.25) is 0 Å². The van der Waals surface area contributed by atoms with Gasteiger partial charge in [0, 0.05) is 44.5 Å². The summed E-state index contributed by atoms with van der Waals surface area (Å²) >= 11 is 0. The fourth-order valence-electron chi connectivity index (χ4n) is 3.72. The predicted molar refractivity (Wildman–Crippen MR) is 107 cm³/mol. The Kier molecular flexibility index (Phi) is 7.41. The summed E-state index contributed by atoms with van der Waals surface area (Å²) in [5, 5.41) is 4.62. The van der Waals surface area contributed by atoms with Crippen LogP contribution in [0.25, 0.3) is 0 Å². The number of carbonyl (C=O) groups is 1. The van der Waals surface area contributed by atoms with Gasteiger partial charge in [-0.2, -0.15) is 5.10 Å². The number of aromatic nitrogens is 2. The summed E-state index contributed by atoms with van der Waals surface area (Å²) in [6.45, 7) is 13.2. The van der Waals surface area contributed by atoms with Crippen LogP contribution in [0.4, 0.5) is 0 Å². The van der Waals surface area contributed by atoms with Crippen LogP contribution >= 0.6 is 0 Å². The van der Waals surface area contributed by atoms with E-state index < -0.39 is 0 Å². The molecular formula is C20H35N5O. The summed E-state index contributed by atoms with van der Waals surface area (Å²) in [6, 6.07) is 0.466. The molecule has 0 unspecified atom stereocenters. The van der Waals surface area contributed by atoms with Gasteiger partial charge >= 0.3 is 0 Å². The van der Waals surface area contributed by atoms with E-state index in [1.165, 1.54) is 5.69 Å². The Balaban J connectivity index is 2.17. The molecule has 1 atom stereocenters. The summed E-state index contributed by atoms with van der Waals surface area (Å²) in [4.78, 5) is 19.1. The topological polar surface area (TPSA) is 44.6 Å². The van der Waals surface area contributed by atoms with Crippen LogP contribution in [0.15, 0.2) is 12.7 Å². The summed E-state index contributed by atoms with van der Waals surface area (Å²) in [6.07, 6.45) is 4.83. The molecule has 1 aromatic rings. The molecule has 0 bridgehead atoms. The third-order valence-corrected chi connectivity index (χ3v) is 5.52. The molecule has 0 aromatic carbocycles. The molecule has 1 aromatic heterocycles. The predicted octanol–water partition coefficient (Wildman–Crippen LogP) is 1.90. The van der Waals surface area contributed by atoms with E-state index in [1.807, 2.05) is 10.8 Å². The lowest BCUT2D eigenvalue weighted by atomic mass is 9.90. The van der Waals surface area contributed by atoms with E-state index in [4.69, 9.17) is 0 Å². The SMILES string of the molecule is C=CCn1nc(C(=O)N(C)C)c2c1CC[C@H](N(C)CCN(CC)CC)C2. The fourth-order valence-corrected chi connectivity index (χ4v) is 3.72. The molecule has 1 aliphatic carbocycles. The van der Waals surface area contributed by atoms with Gasteiger partial charge in [0.1, 0.15) is 0 Å². The lowest BCUT2D eigenvalue weighted by molar-refractivity contribution is 0.0819. The molecule has 26 heavy (non-hydrogen) atoms. The molecule has 0 saturated carbocycles. The average Bonchev–Trinajstić information content (AvgIpc) is 2.99. The number of carbonyl (C=O) groups excluding carboxylic acids is 1. The Morgan fingerprint density at radius 3 is 2.54 bits per heavy atom. The standard InChI is InChI=1S/C20H35N5O/c1-7-12-25-18-11-10-16(23(6)13-14-24(8-2)9-3)15-17(18)19(21-25)20(26)22(4)5/h7,16H,1,8-15H2,2-6H3/t16-/m0/s1. The smallest absolute Gasteiger partial charge is 0.274 e. The molecule has 0 radical (unpaired) electrons. The molecule has 0 fully saturated rings. The number of rotatable bonds is 9. The first-order valence-corrected chi connectivity index (χ1v) is 9.76. The van der Waals surface area contributed by atoms with Gasteiger partial charge in [0.05, 0.1) is 6.54 Å². The van der Waals surface area contributed by atoms with E-state index in [-0.39, 0.29) is 5.91 Å². The first-order valence-electron chi connectivity index (χ1n) is 9.76. The molecule has 0 N–H and O–H groups in total. The van der Waals surface area contributed by atoms with E-state index in [2.05, 4.69) is 42.4 Å². The van der Waals surface area contributed by atoms with Gasteiger partial charge in [-0.25, -0.2) is 0 Å². The number of fused-ring (bicyclic) bond motifs is 1. The highest BCUT2D eigenvalue weighted by atomic mass is 16.2. The highest BCUT2D eigenvalue weighted by Crippen LogP contribution is 2.27. The molecule has 0 spiro atoms. The van der Waals surface area contributed by atoms with Crippen LogP contribution in [0.5, 0.6) is 0 Å². The monoisotopic (exact) mass is 361 g/mol. The number of likely N-dealkylation sites (N-methyl/N-ethyl adjacent to an activating group) is 2. The van der Waals surface area contributed by atoms with E-state index in [0.717, 1.165) is 51.0 Å². The van der Waals surface area contributed by atoms with Gasteiger partial charge in [0.25, 0.3) is 5.91 Å². The van der Waals surface area contributed by atoms with Gasteiger partial charge < -0.3 is 14.7 Å². The molecule has 0 aliphatic heterocycles. The quantitative estimate of drug-likeness (QED) is 0.630. The zero-order valence-electron chi connectivity index (χ0n) is 17.2. The Labute approximate surface area is 158 Å². The van der Waals surface area contributed by atoms with E-state index >= 15 is 0 Å². The number of hydrogen-bond acceptors (Lipinski definition) is 4. The minimum absolute atomic E-state index is 0.00416. The third kappa shape index (κ3) is 4.54. The van der Waals surface area contributed by atoms with Gasteiger partial charge in [-0.15, -0.1) is 6.58 Å². The second kappa shape index (κ2) is 9.33. The first kappa shape index (κ1) is 20.6. The molecule has 1 aliphatic rings. The van der Waals surface area contributed by atoms with Crippen LogP contribution in [-0.2, 0) is 19.4 Å². The molecule has 1 heterocycles. The lowest BCUT2D eigenvalue weighted by Crippen LogP contribution is -2.41. The largest absolute Gasteiger partial charge is 0.343 e. The van der Waals surface area contributed by atoms with Crippen molar-refractivity contribution in [3.63, 3.8) is 0 Å². The molecule has 146 valence electrons. The zero-order chi connectivity index (χ0) is 19.3. The normalized spacial score (nSPS) is 16.8. The van der Waals surface area contributed by atoms with E-state index in [9.17, 15) is 4.79 Å². The maximum atomic E-state index is 12.6. The summed E-state index contributed by atoms with van der Waals surface area (Å²) < 4.78 is 1.96. The maximum Gasteiger partial charge on any atom is 0.274 e. The Hall–Kier alpha value is -1.66. The summed E-state index contributed by atoms with van der Waals surface area (Å²) in [5.74, 6) is -0.00416. The number of allylic oxidation sites excluding steroid dienone is 1. The molecule has 2 rings (SSSR count). The Morgan fingerprint density at radius 1 is 1.27 bits per heavy atom. The maximum absolute atomic E-state index is 12.6. The first-order chi connectivity index (χ1) is 12.4. The molecule has 0 saturated heterocycles. The average molecular weight is 362 g/mol. The van der Waals surface area contributed by atoms with Gasteiger partial charge in [-0.05, 0) is 39.4 Å². The van der Waals surface area contributed by atoms with Crippen molar-refractivity contribution in [1.82, 2.24) is 24.5 Å². The van der Waals surface area contributed by atoms with Crippen LogP contribution in [-0.4, -0.2) is 83.8 Å². The van der Waals surface area contributed by atoms with Gasteiger partial charge in [0.2, 0.25) is 0 Å². The van der Waals surface area contributed by atoms with Crippen molar-refractivity contribution in [2.24, 2.45) is 0 Å². The van der Waals surface area contributed by atoms with E-state index in [1.54, 1.807) is 19.0 Å². The highest BCUT2D eigenvalue weighted by molar-refractivity contribution is 5.93. The Bertz CT molecular complexity index is 618. The highest BCUT2D eigenvalue weighted by Gasteiger charge is 2.31. The van der Waals surface area contributed by atoms with Crippen molar-refractivity contribution in [2.45, 2.75) is 45.7 Å². The second-order valence-electron chi connectivity index (χ2n) is 7.35. The van der Waals surface area contributed by atoms with Crippen molar-refractivity contribution in [1.29, 1.82) is 0 Å². The van der Waals surface area contributed by atoms with Crippen molar-refractivity contribution in [3.05, 3.63) is 29.6 Å². The van der Waals surface area contributed by atoms with Crippen LogP contribution in [0, 0.1) is 0 Å². The fraction of sp³-hybridized carbons (Fsp3) is 0.700. The molecule has 6 heteroatoms. The van der Waals surface area contributed by atoms with Crippen LogP contribution in [0.1, 0.15) is 42.0 Å². The number of hydrogen-bond donors (Lipinski definition) is 0. The minimum atomic E-state index is -0.00416. The number of amides is 1. The zero-order valence-corrected chi connectivity index (χ0v) is 17.2. The van der Waals surface area contributed by atoms with Crippen molar-refractivity contribution in [2.75, 3.05) is 47.3 Å². The minimum Gasteiger partial charge on any atom is -0.343 e. The van der Waals surface area contributed by atoms with Crippen molar-refractivity contribution >= 4 is 5.91 Å². The van der Waals surface area contributed by atoms with Crippen molar-refractivity contribution in [3.8, 4) is 0 Å². The summed E-state index contributed by atoms with van der Waals surface area (Å²) in [5.41, 5.74) is 2.97. The van der Waals surface area contributed by atoms with E-state index in [0.29, 0.717) is 18.3 Å². The molecule has 1 amide bonds. The Morgan fingerprint density at radius 2 is 1.96 bits per heavy atom. The van der Waals surface area contributed by atoms with Crippen molar-refractivity contribution < 1.29 is 4.79 Å². The third-order valence-electron chi connectivity index (χ3n) is 5.52. The molecular weight excluding hydrogens is 326 g/mol. The van der Waals surface area contributed by atoms with Gasteiger partial charge in [-0.1, -0.05) is 19.9 Å².